The highest BCUT2D eigenvalue weighted by atomic mass is 35.5. The van der Waals surface area contributed by atoms with Gasteiger partial charge in [-0.25, -0.2) is 13.4 Å². The second-order valence-electron chi connectivity index (χ2n) is 6.12. The average Bonchev–Trinajstić information content (AvgIpc) is 2.99. The summed E-state index contributed by atoms with van der Waals surface area (Å²) in [6, 6.07) is 10.6. The molecule has 0 aliphatic heterocycles. The maximum atomic E-state index is 12.0. The van der Waals surface area contributed by atoms with Gasteiger partial charge in [-0.2, -0.15) is 0 Å². The topological polar surface area (TPSA) is 55.2 Å². The number of hydrogen-bond acceptors (Lipinski definition) is 4. The van der Waals surface area contributed by atoms with Gasteiger partial charge in [0.05, 0.1) is 21.3 Å². The van der Waals surface area contributed by atoms with Gasteiger partial charge in [0.15, 0.2) is 9.84 Å². The van der Waals surface area contributed by atoms with E-state index in [0.717, 1.165) is 16.9 Å². The van der Waals surface area contributed by atoms with Gasteiger partial charge in [0.1, 0.15) is 11.5 Å². The molecule has 0 radical (unpaired) electrons. The Labute approximate surface area is 162 Å². The third-order valence-corrected chi connectivity index (χ3v) is 5.57. The fourth-order valence-corrected chi connectivity index (χ4v) is 3.82. The quantitative estimate of drug-likeness (QED) is 0.643. The van der Waals surface area contributed by atoms with E-state index in [4.69, 9.17) is 23.2 Å². The van der Waals surface area contributed by atoms with Crippen molar-refractivity contribution in [2.45, 2.75) is 4.90 Å². The minimum absolute atomic E-state index is 0.232. The molecule has 3 aromatic rings. The van der Waals surface area contributed by atoms with E-state index in [-0.39, 0.29) is 4.90 Å². The zero-order chi connectivity index (χ0) is 19.1. The highest BCUT2D eigenvalue weighted by Gasteiger charge is 2.15. The van der Waals surface area contributed by atoms with Gasteiger partial charge in [-0.05, 0) is 35.9 Å². The van der Waals surface area contributed by atoms with Crippen LogP contribution in [0.2, 0.25) is 10.2 Å². The van der Waals surface area contributed by atoms with Gasteiger partial charge >= 0.3 is 0 Å². The third-order valence-electron chi connectivity index (χ3n) is 3.97. The number of halogens is 2. The fraction of sp³-hybridized carbons (Fsp3) is 0.167. The molecule has 0 aliphatic rings. The summed E-state index contributed by atoms with van der Waals surface area (Å²) in [5.74, 6) is 0. The molecular weight excluding hydrogens is 393 g/mol. The number of hydrogen-bond donors (Lipinski definition) is 0. The van der Waals surface area contributed by atoms with Crippen molar-refractivity contribution >= 4 is 38.7 Å². The second-order valence-corrected chi connectivity index (χ2v) is 8.93. The van der Waals surface area contributed by atoms with E-state index in [1.54, 1.807) is 35.3 Å². The lowest BCUT2D eigenvalue weighted by Crippen LogP contribution is -2.09. The number of aromatic nitrogens is 2. The largest absolute Gasteiger partial charge is 0.376 e. The summed E-state index contributed by atoms with van der Waals surface area (Å²) in [5, 5.41) is 0.927. The van der Waals surface area contributed by atoms with Crippen molar-refractivity contribution in [2.75, 3.05) is 25.3 Å². The van der Waals surface area contributed by atoms with Gasteiger partial charge in [-0.15, -0.1) is 0 Å². The van der Waals surface area contributed by atoms with Gasteiger partial charge in [-0.1, -0.05) is 29.3 Å². The van der Waals surface area contributed by atoms with E-state index < -0.39 is 9.84 Å². The smallest absolute Gasteiger partial charge is 0.175 e. The van der Waals surface area contributed by atoms with Crippen LogP contribution < -0.4 is 4.90 Å². The number of rotatable bonds is 4. The standard InChI is InChI=1S/C18H17Cl2N3O2S/c1-22(2)17-6-4-12(8-15(17)19)14-9-13(26(3,24)25)5-7-16(14)23-10-18(20)21-11-23/h4-11H,1-3H3. The molecule has 0 bridgehead atoms. The van der Waals surface area contributed by atoms with Crippen LogP contribution in [0.3, 0.4) is 0 Å². The van der Waals surface area contributed by atoms with Crippen LogP contribution in [0.4, 0.5) is 5.69 Å². The van der Waals surface area contributed by atoms with Gasteiger partial charge in [0.25, 0.3) is 0 Å². The Morgan fingerprint density at radius 3 is 2.35 bits per heavy atom. The van der Waals surface area contributed by atoms with Crippen LogP contribution in [0.5, 0.6) is 0 Å². The summed E-state index contributed by atoms with van der Waals surface area (Å²) < 4.78 is 25.8. The average molecular weight is 410 g/mol. The normalized spacial score (nSPS) is 11.6. The Morgan fingerprint density at radius 2 is 1.81 bits per heavy atom. The lowest BCUT2D eigenvalue weighted by molar-refractivity contribution is 0.602. The Morgan fingerprint density at radius 1 is 1.08 bits per heavy atom. The first kappa shape index (κ1) is 18.8. The number of nitrogens with zero attached hydrogens (tertiary/aromatic N) is 3. The van der Waals surface area contributed by atoms with Crippen molar-refractivity contribution in [3.63, 3.8) is 0 Å². The predicted molar refractivity (Wildman–Crippen MR) is 106 cm³/mol. The van der Waals surface area contributed by atoms with Crippen molar-refractivity contribution in [3.05, 3.63) is 59.1 Å². The van der Waals surface area contributed by atoms with Crippen LogP contribution >= 0.6 is 23.2 Å². The maximum Gasteiger partial charge on any atom is 0.175 e. The highest BCUT2D eigenvalue weighted by Crippen LogP contribution is 2.34. The summed E-state index contributed by atoms with van der Waals surface area (Å²) in [7, 11) is 0.463. The Balaban J connectivity index is 2.24. The van der Waals surface area contributed by atoms with E-state index in [1.807, 2.05) is 37.2 Å². The molecule has 3 rings (SSSR count). The molecular formula is C18H17Cl2N3O2S. The van der Waals surface area contributed by atoms with Crippen LogP contribution in [0.25, 0.3) is 16.8 Å². The molecule has 8 heteroatoms. The van der Waals surface area contributed by atoms with Crippen molar-refractivity contribution in [1.82, 2.24) is 9.55 Å². The highest BCUT2D eigenvalue weighted by molar-refractivity contribution is 7.90. The molecule has 0 fully saturated rings. The molecule has 0 amide bonds. The first-order valence-electron chi connectivity index (χ1n) is 7.68. The molecule has 26 heavy (non-hydrogen) atoms. The number of sulfone groups is 1. The second kappa shape index (κ2) is 6.95. The van der Waals surface area contributed by atoms with Crippen LogP contribution in [0.1, 0.15) is 0 Å². The van der Waals surface area contributed by atoms with Crippen LogP contribution in [-0.4, -0.2) is 38.3 Å². The fourth-order valence-electron chi connectivity index (χ4n) is 2.67. The Bertz CT molecular complexity index is 1080. The minimum atomic E-state index is -3.35. The summed E-state index contributed by atoms with van der Waals surface area (Å²) in [5.41, 5.74) is 3.15. The van der Waals surface area contributed by atoms with Gasteiger partial charge < -0.3 is 9.47 Å². The lowest BCUT2D eigenvalue weighted by Gasteiger charge is -2.17. The van der Waals surface area contributed by atoms with Crippen molar-refractivity contribution < 1.29 is 8.42 Å². The summed E-state index contributed by atoms with van der Waals surface area (Å²) in [6.07, 6.45) is 4.43. The minimum Gasteiger partial charge on any atom is -0.376 e. The monoisotopic (exact) mass is 409 g/mol. The Kier molecular flexibility index (Phi) is 5.01. The zero-order valence-corrected chi connectivity index (χ0v) is 16.8. The van der Waals surface area contributed by atoms with Crippen LogP contribution in [-0.2, 0) is 9.84 Å². The van der Waals surface area contributed by atoms with Crippen LogP contribution in [0, 0.1) is 0 Å². The first-order chi connectivity index (χ1) is 12.2. The first-order valence-corrected chi connectivity index (χ1v) is 10.3. The molecule has 0 unspecified atom stereocenters. The maximum absolute atomic E-state index is 12.0. The molecule has 136 valence electrons. The summed E-state index contributed by atoms with van der Waals surface area (Å²) >= 11 is 12.3. The molecule has 1 aromatic heterocycles. The Hall–Kier alpha value is -2.02. The molecule has 0 N–H and O–H groups in total. The van der Waals surface area contributed by atoms with Crippen LogP contribution in [0.15, 0.2) is 53.8 Å². The van der Waals surface area contributed by atoms with E-state index in [2.05, 4.69) is 4.98 Å². The van der Waals surface area contributed by atoms with Gasteiger partial charge in [0, 0.05) is 32.1 Å². The summed E-state index contributed by atoms with van der Waals surface area (Å²) in [6.45, 7) is 0. The van der Waals surface area contributed by atoms with E-state index in [0.29, 0.717) is 15.7 Å². The van der Waals surface area contributed by atoms with E-state index in [1.165, 1.54) is 6.26 Å². The lowest BCUT2D eigenvalue weighted by atomic mass is 10.0. The van der Waals surface area contributed by atoms with E-state index in [9.17, 15) is 8.42 Å². The van der Waals surface area contributed by atoms with E-state index >= 15 is 0 Å². The summed E-state index contributed by atoms with van der Waals surface area (Å²) in [4.78, 5) is 6.18. The van der Waals surface area contributed by atoms with Crippen molar-refractivity contribution in [3.8, 4) is 16.8 Å². The number of imidazole rings is 1. The molecule has 0 atom stereocenters. The zero-order valence-electron chi connectivity index (χ0n) is 14.4. The molecule has 0 saturated carbocycles. The molecule has 0 saturated heterocycles. The van der Waals surface area contributed by atoms with Crippen molar-refractivity contribution in [2.24, 2.45) is 0 Å². The number of anilines is 1. The molecule has 0 aliphatic carbocycles. The van der Waals surface area contributed by atoms with Crippen molar-refractivity contribution in [1.29, 1.82) is 0 Å². The third kappa shape index (κ3) is 3.72. The molecule has 0 spiro atoms. The van der Waals surface area contributed by atoms with Gasteiger partial charge in [0.2, 0.25) is 0 Å². The molecule has 2 aromatic carbocycles. The predicted octanol–water partition coefficient (Wildman–Crippen LogP) is 4.32. The number of benzene rings is 2. The SMILES string of the molecule is CN(C)c1ccc(-c2cc(S(C)(=O)=O)ccc2-n2cnc(Cl)c2)cc1Cl. The molecule has 1 heterocycles. The van der Waals surface area contributed by atoms with Gasteiger partial charge in [-0.3, -0.25) is 0 Å². The molecule has 5 nitrogen and oxygen atoms in total.